The minimum Gasteiger partial charge on any atom is -0.494 e. The van der Waals surface area contributed by atoms with Crippen molar-refractivity contribution in [2.45, 2.75) is 6.92 Å². The average molecular weight is 448 g/mol. The Kier molecular flexibility index (Phi) is 5.57. The number of hydrogen-bond acceptors (Lipinski definition) is 6. The Hall–Kier alpha value is -3.32. The molecule has 32 heavy (non-hydrogen) atoms. The fourth-order valence-corrected chi connectivity index (χ4v) is 5.25. The molecular weight excluding hydrogens is 422 g/mol. The van der Waals surface area contributed by atoms with Crippen LogP contribution in [0.3, 0.4) is 0 Å². The van der Waals surface area contributed by atoms with Gasteiger partial charge in [0.25, 0.3) is 5.91 Å². The van der Waals surface area contributed by atoms with Crippen molar-refractivity contribution in [3.63, 3.8) is 0 Å². The largest absolute Gasteiger partial charge is 0.494 e. The van der Waals surface area contributed by atoms with Gasteiger partial charge in [-0.1, -0.05) is 47.7 Å². The van der Waals surface area contributed by atoms with Crippen LogP contribution in [0.5, 0.6) is 11.5 Å². The zero-order chi connectivity index (χ0) is 22.1. The molecule has 3 aromatic carbocycles. The van der Waals surface area contributed by atoms with Crippen molar-refractivity contribution in [1.82, 2.24) is 9.88 Å². The van der Waals surface area contributed by atoms with Crippen LogP contribution in [-0.2, 0) is 0 Å². The predicted octanol–water partition coefficient (Wildman–Crippen LogP) is 4.82. The zero-order valence-electron chi connectivity index (χ0n) is 18.2. The third kappa shape index (κ3) is 3.62. The molecule has 0 atom stereocenters. The van der Waals surface area contributed by atoms with E-state index in [0.29, 0.717) is 31.0 Å². The number of benzene rings is 3. The number of amides is 1. The monoisotopic (exact) mass is 447 g/mol. The van der Waals surface area contributed by atoms with E-state index in [4.69, 9.17) is 14.5 Å². The Bertz CT molecular complexity index is 1280. The number of methoxy groups -OCH3 is 1. The van der Waals surface area contributed by atoms with E-state index in [0.717, 1.165) is 45.0 Å². The maximum Gasteiger partial charge on any atom is 0.258 e. The lowest BCUT2D eigenvalue weighted by atomic mass is 10.0. The Balaban J connectivity index is 1.38. The number of hydrogen-bond donors (Lipinski definition) is 0. The molecule has 1 saturated heterocycles. The fraction of sp³-hybridized carbons (Fsp3) is 0.280. The van der Waals surface area contributed by atoms with E-state index >= 15 is 0 Å². The summed E-state index contributed by atoms with van der Waals surface area (Å²) in [6, 6.07) is 17.9. The van der Waals surface area contributed by atoms with Gasteiger partial charge in [0, 0.05) is 26.2 Å². The van der Waals surface area contributed by atoms with Crippen molar-refractivity contribution in [3.8, 4) is 11.5 Å². The van der Waals surface area contributed by atoms with Crippen LogP contribution in [0, 0.1) is 0 Å². The highest BCUT2D eigenvalue weighted by Crippen LogP contribution is 2.35. The lowest BCUT2D eigenvalue weighted by Crippen LogP contribution is -2.48. The van der Waals surface area contributed by atoms with Crippen molar-refractivity contribution in [2.75, 3.05) is 44.8 Å². The van der Waals surface area contributed by atoms with Crippen LogP contribution >= 0.6 is 11.3 Å². The predicted molar refractivity (Wildman–Crippen MR) is 129 cm³/mol. The smallest absolute Gasteiger partial charge is 0.258 e. The second-order valence-electron chi connectivity index (χ2n) is 7.68. The van der Waals surface area contributed by atoms with Gasteiger partial charge in [-0.3, -0.25) is 4.79 Å². The SMILES string of the molecule is CCOc1ccc2ccccc2c1C(=O)N1CCN(c2nc3c(OC)cccc3s2)CC1. The highest BCUT2D eigenvalue weighted by molar-refractivity contribution is 7.22. The first-order valence-electron chi connectivity index (χ1n) is 10.8. The molecule has 0 radical (unpaired) electrons. The van der Waals surface area contributed by atoms with Gasteiger partial charge < -0.3 is 19.3 Å². The second kappa shape index (κ2) is 8.67. The van der Waals surface area contributed by atoms with Crippen LogP contribution in [0.1, 0.15) is 17.3 Å². The van der Waals surface area contributed by atoms with Crippen LogP contribution in [-0.4, -0.2) is 55.7 Å². The summed E-state index contributed by atoms with van der Waals surface area (Å²) in [5.41, 5.74) is 1.55. The number of anilines is 1. The number of thiazole rings is 1. The van der Waals surface area contributed by atoms with Gasteiger partial charge in [0.1, 0.15) is 17.0 Å². The molecule has 0 bridgehead atoms. The van der Waals surface area contributed by atoms with E-state index in [1.807, 2.05) is 60.4 Å². The first-order chi connectivity index (χ1) is 15.7. The minimum absolute atomic E-state index is 0.0240. The summed E-state index contributed by atoms with van der Waals surface area (Å²) >= 11 is 1.66. The van der Waals surface area contributed by atoms with Gasteiger partial charge in [0.05, 0.1) is 24.0 Å². The average Bonchev–Trinajstić information content (AvgIpc) is 3.28. The first-order valence-corrected chi connectivity index (χ1v) is 11.6. The number of fused-ring (bicyclic) bond motifs is 2. The molecule has 1 aliphatic heterocycles. The molecule has 1 amide bonds. The summed E-state index contributed by atoms with van der Waals surface area (Å²) in [6.45, 7) is 5.22. The number of aromatic nitrogens is 1. The van der Waals surface area contributed by atoms with Crippen LogP contribution in [0.4, 0.5) is 5.13 Å². The first kappa shape index (κ1) is 20.6. The number of para-hydroxylation sites is 1. The summed E-state index contributed by atoms with van der Waals surface area (Å²) in [5.74, 6) is 1.46. The van der Waals surface area contributed by atoms with Crippen LogP contribution in [0.25, 0.3) is 21.0 Å². The number of nitrogens with zero attached hydrogens (tertiary/aromatic N) is 3. The van der Waals surface area contributed by atoms with E-state index in [1.54, 1.807) is 18.4 Å². The number of rotatable bonds is 5. The summed E-state index contributed by atoms with van der Waals surface area (Å²) in [7, 11) is 1.67. The van der Waals surface area contributed by atoms with Crippen LogP contribution in [0.15, 0.2) is 54.6 Å². The zero-order valence-corrected chi connectivity index (χ0v) is 19.0. The normalized spacial score (nSPS) is 14.2. The lowest BCUT2D eigenvalue weighted by Gasteiger charge is -2.35. The van der Waals surface area contributed by atoms with E-state index < -0.39 is 0 Å². The molecule has 0 aliphatic carbocycles. The minimum atomic E-state index is 0.0240. The standard InChI is InChI=1S/C25H25N3O3S/c1-3-31-19-12-11-17-7-4-5-8-18(17)22(19)24(29)27-13-15-28(16-14-27)25-26-23-20(30-2)9-6-10-21(23)32-25/h4-12H,3,13-16H2,1-2H3. The Morgan fingerprint density at radius 3 is 2.59 bits per heavy atom. The molecule has 0 saturated carbocycles. The Morgan fingerprint density at radius 2 is 1.81 bits per heavy atom. The van der Waals surface area contributed by atoms with Gasteiger partial charge >= 0.3 is 0 Å². The summed E-state index contributed by atoms with van der Waals surface area (Å²) < 4.78 is 12.4. The number of piperazine rings is 1. The molecule has 2 heterocycles. The molecule has 1 aromatic heterocycles. The number of carbonyl (C=O) groups excluding carboxylic acids is 1. The van der Waals surface area contributed by atoms with Crippen LogP contribution in [0.2, 0.25) is 0 Å². The molecule has 5 rings (SSSR count). The van der Waals surface area contributed by atoms with Crippen LogP contribution < -0.4 is 14.4 Å². The number of carbonyl (C=O) groups is 1. The van der Waals surface area contributed by atoms with E-state index in [2.05, 4.69) is 11.0 Å². The molecule has 0 unspecified atom stereocenters. The highest BCUT2D eigenvalue weighted by atomic mass is 32.1. The van der Waals surface area contributed by atoms with Gasteiger partial charge in [-0.15, -0.1) is 0 Å². The molecule has 0 N–H and O–H groups in total. The third-order valence-electron chi connectivity index (χ3n) is 5.83. The van der Waals surface area contributed by atoms with E-state index in [9.17, 15) is 4.79 Å². The van der Waals surface area contributed by atoms with E-state index in [-0.39, 0.29) is 5.91 Å². The van der Waals surface area contributed by atoms with Gasteiger partial charge in [0.15, 0.2) is 5.13 Å². The molecule has 7 heteroatoms. The molecule has 6 nitrogen and oxygen atoms in total. The molecule has 1 fully saturated rings. The molecular formula is C25H25N3O3S. The third-order valence-corrected chi connectivity index (χ3v) is 6.91. The Morgan fingerprint density at radius 1 is 1.00 bits per heavy atom. The fourth-order valence-electron chi connectivity index (χ4n) is 4.22. The topological polar surface area (TPSA) is 54.9 Å². The van der Waals surface area contributed by atoms with Crippen molar-refractivity contribution in [3.05, 3.63) is 60.2 Å². The van der Waals surface area contributed by atoms with Crippen molar-refractivity contribution >= 4 is 43.4 Å². The van der Waals surface area contributed by atoms with Gasteiger partial charge in [-0.25, -0.2) is 4.98 Å². The number of ether oxygens (including phenoxy) is 2. The summed E-state index contributed by atoms with van der Waals surface area (Å²) in [5, 5.41) is 2.95. The van der Waals surface area contributed by atoms with Crippen molar-refractivity contribution < 1.29 is 14.3 Å². The van der Waals surface area contributed by atoms with Gasteiger partial charge in [0.2, 0.25) is 0 Å². The maximum absolute atomic E-state index is 13.6. The van der Waals surface area contributed by atoms with Gasteiger partial charge in [-0.2, -0.15) is 0 Å². The highest BCUT2D eigenvalue weighted by Gasteiger charge is 2.27. The summed E-state index contributed by atoms with van der Waals surface area (Å²) in [4.78, 5) is 22.6. The van der Waals surface area contributed by atoms with E-state index in [1.165, 1.54) is 0 Å². The molecule has 1 aliphatic rings. The quantitative estimate of drug-likeness (QED) is 0.439. The second-order valence-corrected chi connectivity index (χ2v) is 8.68. The summed E-state index contributed by atoms with van der Waals surface area (Å²) in [6.07, 6.45) is 0. The van der Waals surface area contributed by atoms with Gasteiger partial charge in [-0.05, 0) is 35.9 Å². The molecule has 164 valence electrons. The van der Waals surface area contributed by atoms with Crippen molar-refractivity contribution in [2.24, 2.45) is 0 Å². The molecule has 0 spiro atoms. The maximum atomic E-state index is 13.6. The van der Waals surface area contributed by atoms with Crippen molar-refractivity contribution in [1.29, 1.82) is 0 Å². The molecule has 4 aromatic rings. The Labute approximate surface area is 191 Å². The lowest BCUT2D eigenvalue weighted by molar-refractivity contribution is 0.0744.